The molecule has 0 saturated carbocycles. The first-order valence-electron chi connectivity index (χ1n) is 10.5. The molecule has 1 aromatic rings. The van der Waals surface area contributed by atoms with Gasteiger partial charge in [-0.1, -0.05) is 26.0 Å². The molecular formula is C24H29NO6. The van der Waals surface area contributed by atoms with E-state index < -0.39 is 23.8 Å². The number of methoxy groups -OCH3 is 2. The second-order valence-electron chi connectivity index (χ2n) is 7.95. The lowest BCUT2D eigenvalue weighted by Crippen LogP contribution is -2.43. The fraction of sp³-hybridized carbons (Fsp3) is 0.458. The number of ketones is 1. The van der Waals surface area contributed by atoms with Gasteiger partial charge in [0.25, 0.3) is 0 Å². The summed E-state index contributed by atoms with van der Waals surface area (Å²) in [6.45, 7) is 5.86. The number of carbonyl (C=O) groups excluding carboxylic acids is 3. The molecule has 0 unspecified atom stereocenters. The molecule has 1 aliphatic carbocycles. The van der Waals surface area contributed by atoms with Crippen molar-refractivity contribution in [2.45, 2.75) is 39.5 Å². The van der Waals surface area contributed by atoms with Crippen LogP contribution in [0, 0.1) is 11.8 Å². The molecule has 31 heavy (non-hydrogen) atoms. The van der Waals surface area contributed by atoms with E-state index in [0.717, 1.165) is 11.3 Å². The maximum absolute atomic E-state index is 13.6. The summed E-state index contributed by atoms with van der Waals surface area (Å²) in [5, 5.41) is 3.25. The van der Waals surface area contributed by atoms with E-state index in [9.17, 15) is 14.4 Å². The predicted octanol–water partition coefficient (Wildman–Crippen LogP) is 3.26. The van der Waals surface area contributed by atoms with Gasteiger partial charge in [0.15, 0.2) is 5.78 Å². The quantitative estimate of drug-likeness (QED) is 0.550. The van der Waals surface area contributed by atoms with Crippen LogP contribution in [0.2, 0.25) is 0 Å². The molecular weight excluding hydrogens is 398 g/mol. The van der Waals surface area contributed by atoms with Crippen molar-refractivity contribution < 1.29 is 28.6 Å². The zero-order chi connectivity index (χ0) is 22.7. The summed E-state index contributed by atoms with van der Waals surface area (Å²) in [5.74, 6) is -2.55. The van der Waals surface area contributed by atoms with Gasteiger partial charge in [-0.2, -0.15) is 0 Å². The van der Waals surface area contributed by atoms with Crippen LogP contribution in [0.15, 0.2) is 46.8 Å². The summed E-state index contributed by atoms with van der Waals surface area (Å²) in [4.78, 5) is 39.1. The van der Waals surface area contributed by atoms with Gasteiger partial charge in [0, 0.05) is 22.9 Å². The molecule has 0 saturated heterocycles. The van der Waals surface area contributed by atoms with Crippen molar-refractivity contribution in [2.75, 3.05) is 20.8 Å². The Bertz CT molecular complexity index is 961. The van der Waals surface area contributed by atoms with Gasteiger partial charge in [0.2, 0.25) is 0 Å². The number of Topliss-reactive ketones (excluding diaryl/α,β-unsaturated/α-hetero) is 1. The number of benzene rings is 1. The summed E-state index contributed by atoms with van der Waals surface area (Å²) in [6.07, 6.45) is 1.18. The van der Waals surface area contributed by atoms with Gasteiger partial charge in [-0.15, -0.1) is 0 Å². The molecule has 1 heterocycles. The molecule has 7 nitrogen and oxygen atoms in total. The summed E-state index contributed by atoms with van der Waals surface area (Å²) in [7, 11) is 2.84. The SMILES string of the molecule is CCCOC(=O)C1=C(C)NC2=C(C(=O)[C@H](C(=O)OC)[C@H](C)C2)[C@H]1c1cccc(OC)c1. The lowest BCUT2D eigenvalue weighted by Gasteiger charge is -2.38. The highest BCUT2D eigenvalue weighted by atomic mass is 16.5. The van der Waals surface area contributed by atoms with Gasteiger partial charge < -0.3 is 19.5 Å². The Labute approximate surface area is 182 Å². The van der Waals surface area contributed by atoms with E-state index in [-0.39, 0.29) is 18.3 Å². The Morgan fingerprint density at radius 1 is 1.23 bits per heavy atom. The first kappa shape index (κ1) is 22.6. The summed E-state index contributed by atoms with van der Waals surface area (Å²) < 4.78 is 15.7. The molecule has 3 atom stereocenters. The lowest BCUT2D eigenvalue weighted by atomic mass is 9.69. The van der Waals surface area contributed by atoms with E-state index in [1.165, 1.54) is 7.11 Å². The van der Waals surface area contributed by atoms with Crippen LogP contribution in [-0.2, 0) is 23.9 Å². The van der Waals surface area contributed by atoms with Crippen molar-refractivity contribution >= 4 is 17.7 Å². The van der Waals surface area contributed by atoms with Crippen molar-refractivity contribution in [3.63, 3.8) is 0 Å². The predicted molar refractivity (Wildman–Crippen MR) is 114 cm³/mol. The molecule has 1 aliphatic heterocycles. The first-order chi connectivity index (χ1) is 14.8. The van der Waals surface area contributed by atoms with Gasteiger partial charge in [-0.3, -0.25) is 9.59 Å². The molecule has 166 valence electrons. The van der Waals surface area contributed by atoms with Gasteiger partial charge in [-0.05, 0) is 43.4 Å². The topological polar surface area (TPSA) is 90.9 Å². The molecule has 0 spiro atoms. The van der Waals surface area contributed by atoms with E-state index in [4.69, 9.17) is 14.2 Å². The van der Waals surface area contributed by atoms with E-state index in [1.807, 2.05) is 26.0 Å². The lowest BCUT2D eigenvalue weighted by molar-refractivity contribution is -0.151. The zero-order valence-corrected chi connectivity index (χ0v) is 18.6. The largest absolute Gasteiger partial charge is 0.497 e. The van der Waals surface area contributed by atoms with Crippen LogP contribution in [0.5, 0.6) is 5.75 Å². The average molecular weight is 427 g/mol. The van der Waals surface area contributed by atoms with Crippen molar-refractivity contribution in [1.82, 2.24) is 5.32 Å². The van der Waals surface area contributed by atoms with Crippen molar-refractivity contribution in [3.05, 3.63) is 52.4 Å². The number of hydrogen-bond acceptors (Lipinski definition) is 7. The summed E-state index contributed by atoms with van der Waals surface area (Å²) >= 11 is 0. The molecule has 3 rings (SSSR count). The number of rotatable bonds is 6. The standard InChI is InChI=1S/C24H29NO6/c1-6-10-31-24(28)19-14(3)25-17-11-13(2)18(23(27)30-5)22(26)21(17)20(19)15-8-7-9-16(12-15)29-4/h7-9,12-13,18,20,25H,6,10-11H2,1-5H3/t13-,18-,20+/m1/s1. The number of dihydropyridines is 1. The van der Waals surface area contributed by atoms with Crippen molar-refractivity contribution in [2.24, 2.45) is 11.8 Å². The molecule has 0 bridgehead atoms. The number of hydrogen-bond donors (Lipinski definition) is 1. The fourth-order valence-electron chi connectivity index (χ4n) is 4.38. The molecule has 0 radical (unpaired) electrons. The van der Waals surface area contributed by atoms with E-state index in [1.54, 1.807) is 26.2 Å². The monoisotopic (exact) mass is 427 g/mol. The van der Waals surface area contributed by atoms with Crippen LogP contribution in [0.25, 0.3) is 0 Å². The second kappa shape index (κ2) is 9.37. The van der Waals surface area contributed by atoms with Crippen molar-refractivity contribution in [1.29, 1.82) is 0 Å². The molecule has 0 aromatic heterocycles. The average Bonchev–Trinajstić information content (AvgIpc) is 2.76. The summed E-state index contributed by atoms with van der Waals surface area (Å²) in [6, 6.07) is 7.27. The van der Waals surface area contributed by atoms with E-state index in [2.05, 4.69) is 5.32 Å². The van der Waals surface area contributed by atoms with Crippen LogP contribution in [0.3, 0.4) is 0 Å². The third kappa shape index (κ3) is 4.22. The molecule has 1 aromatic carbocycles. The van der Waals surface area contributed by atoms with Crippen LogP contribution in [0.4, 0.5) is 0 Å². The third-order valence-corrected chi connectivity index (χ3v) is 5.83. The third-order valence-electron chi connectivity index (χ3n) is 5.83. The number of carbonyl (C=O) groups is 3. The van der Waals surface area contributed by atoms with Gasteiger partial charge in [0.1, 0.15) is 11.7 Å². The highest BCUT2D eigenvalue weighted by Gasteiger charge is 2.47. The normalized spacial score (nSPS) is 23.1. The van der Waals surface area contributed by atoms with E-state index in [0.29, 0.717) is 35.4 Å². The maximum atomic E-state index is 13.6. The number of esters is 2. The first-order valence-corrected chi connectivity index (χ1v) is 10.5. The number of nitrogens with one attached hydrogen (secondary N) is 1. The molecule has 1 N–H and O–H groups in total. The summed E-state index contributed by atoms with van der Waals surface area (Å²) in [5.41, 5.74) is 2.88. The van der Waals surface area contributed by atoms with Crippen LogP contribution < -0.4 is 10.1 Å². The molecule has 0 amide bonds. The van der Waals surface area contributed by atoms with Crippen LogP contribution >= 0.6 is 0 Å². The fourth-order valence-corrected chi connectivity index (χ4v) is 4.38. The minimum absolute atomic E-state index is 0.224. The Hall–Kier alpha value is -3.09. The van der Waals surface area contributed by atoms with Gasteiger partial charge in [-0.25, -0.2) is 4.79 Å². The molecule has 7 heteroatoms. The maximum Gasteiger partial charge on any atom is 0.336 e. The Morgan fingerprint density at radius 2 is 1.97 bits per heavy atom. The number of ether oxygens (including phenoxy) is 3. The zero-order valence-electron chi connectivity index (χ0n) is 18.6. The van der Waals surface area contributed by atoms with Crippen LogP contribution in [0.1, 0.15) is 45.1 Å². The Morgan fingerprint density at radius 3 is 2.61 bits per heavy atom. The Kier molecular flexibility index (Phi) is 6.83. The van der Waals surface area contributed by atoms with Crippen LogP contribution in [-0.4, -0.2) is 38.5 Å². The smallest absolute Gasteiger partial charge is 0.336 e. The van der Waals surface area contributed by atoms with E-state index >= 15 is 0 Å². The van der Waals surface area contributed by atoms with Gasteiger partial charge in [0.05, 0.1) is 26.4 Å². The highest BCUT2D eigenvalue weighted by Crippen LogP contribution is 2.45. The van der Waals surface area contributed by atoms with Gasteiger partial charge >= 0.3 is 11.9 Å². The number of allylic oxidation sites excluding steroid dienone is 3. The minimum Gasteiger partial charge on any atom is -0.497 e. The Balaban J connectivity index is 2.17. The molecule has 0 fully saturated rings. The highest BCUT2D eigenvalue weighted by molar-refractivity contribution is 6.12. The van der Waals surface area contributed by atoms with Crippen molar-refractivity contribution in [3.8, 4) is 5.75 Å². The second-order valence-corrected chi connectivity index (χ2v) is 7.95. The minimum atomic E-state index is -0.912. The molecule has 2 aliphatic rings.